The number of sulfonamides is 1. The fourth-order valence-corrected chi connectivity index (χ4v) is 6.24. The minimum Gasteiger partial charge on any atom is -0.352 e. The van der Waals surface area contributed by atoms with E-state index in [1.54, 1.807) is 6.07 Å². The molecule has 0 unspecified atom stereocenters. The summed E-state index contributed by atoms with van der Waals surface area (Å²) in [7, 11) is 0.237. The number of halogens is 2. The van der Waals surface area contributed by atoms with E-state index in [0.717, 1.165) is 12.1 Å². The number of amides is 1. The lowest BCUT2D eigenvalue weighted by Crippen LogP contribution is -2.43. The molecular formula is C22H27Cl2N3O3S. The number of carbonyl (C=O) groups excluding carboxylic acids is 1. The molecule has 31 heavy (non-hydrogen) atoms. The molecular weight excluding hydrogens is 457 g/mol. The lowest BCUT2D eigenvalue weighted by Gasteiger charge is -2.31. The summed E-state index contributed by atoms with van der Waals surface area (Å²) in [4.78, 5) is 14.6. The fourth-order valence-electron chi connectivity index (χ4n) is 3.68. The zero-order chi connectivity index (χ0) is 22.6. The molecule has 0 bridgehead atoms. The molecule has 0 radical (unpaired) electrons. The highest BCUT2D eigenvalue weighted by Gasteiger charge is 2.34. The Balaban J connectivity index is 1.54. The van der Waals surface area contributed by atoms with Crippen LogP contribution in [0.3, 0.4) is 0 Å². The number of rotatable bonds is 7. The van der Waals surface area contributed by atoms with Gasteiger partial charge < -0.3 is 10.2 Å². The third-order valence-electron chi connectivity index (χ3n) is 5.33. The van der Waals surface area contributed by atoms with E-state index in [-0.39, 0.29) is 39.9 Å². The van der Waals surface area contributed by atoms with Gasteiger partial charge >= 0.3 is 0 Å². The smallest absolute Gasteiger partial charge is 0.246 e. The normalized spacial score (nSPS) is 15.9. The third kappa shape index (κ3) is 5.99. The first-order valence-electron chi connectivity index (χ1n) is 10.1. The van der Waals surface area contributed by atoms with Crippen LogP contribution in [0.2, 0.25) is 10.0 Å². The number of nitrogens with one attached hydrogen (secondary N) is 1. The number of nitrogens with zero attached hydrogens (tertiary/aromatic N) is 2. The fraction of sp³-hybridized carbons (Fsp3) is 0.409. The van der Waals surface area contributed by atoms with Crippen molar-refractivity contribution in [3.05, 3.63) is 63.6 Å². The van der Waals surface area contributed by atoms with E-state index >= 15 is 0 Å². The number of carbonyl (C=O) groups is 1. The summed E-state index contributed by atoms with van der Waals surface area (Å²) in [5, 5.41) is 3.17. The van der Waals surface area contributed by atoms with Gasteiger partial charge in [-0.3, -0.25) is 4.79 Å². The maximum atomic E-state index is 13.0. The second-order valence-electron chi connectivity index (χ2n) is 8.00. The lowest BCUT2D eigenvalue weighted by molar-refractivity contribution is -0.126. The number of hydrogen-bond donors (Lipinski definition) is 1. The van der Waals surface area contributed by atoms with Crippen LogP contribution in [0, 0.1) is 5.92 Å². The van der Waals surface area contributed by atoms with E-state index in [2.05, 4.69) is 22.3 Å². The number of benzene rings is 2. The summed E-state index contributed by atoms with van der Waals surface area (Å²) in [5.41, 5.74) is 2.25. The summed E-state index contributed by atoms with van der Waals surface area (Å²) < 4.78 is 27.3. The monoisotopic (exact) mass is 483 g/mol. The van der Waals surface area contributed by atoms with Crippen LogP contribution in [0.1, 0.15) is 24.0 Å². The zero-order valence-electron chi connectivity index (χ0n) is 17.6. The quantitative estimate of drug-likeness (QED) is 0.650. The van der Waals surface area contributed by atoms with E-state index < -0.39 is 10.0 Å². The molecule has 0 saturated carbocycles. The first-order valence-corrected chi connectivity index (χ1v) is 12.3. The van der Waals surface area contributed by atoms with Crippen molar-refractivity contribution in [2.75, 3.05) is 27.2 Å². The minimum atomic E-state index is -3.81. The topological polar surface area (TPSA) is 69.7 Å². The molecule has 0 aliphatic carbocycles. The number of hydrogen-bond acceptors (Lipinski definition) is 4. The Morgan fingerprint density at radius 3 is 2.13 bits per heavy atom. The molecule has 168 valence electrons. The van der Waals surface area contributed by atoms with Gasteiger partial charge in [0.2, 0.25) is 15.9 Å². The Morgan fingerprint density at radius 1 is 1.03 bits per heavy atom. The van der Waals surface area contributed by atoms with Crippen LogP contribution >= 0.6 is 23.2 Å². The van der Waals surface area contributed by atoms with Crippen molar-refractivity contribution in [2.24, 2.45) is 5.92 Å². The van der Waals surface area contributed by atoms with Crippen LogP contribution in [0.25, 0.3) is 0 Å². The van der Waals surface area contributed by atoms with Crippen LogP contribution in [0.5, 0.6) is 0 Å². The minimum absolute atomic E-state index is 0.0507. The highest BCUT2D eigenvalue weighted by atomic mass is 35.5. The zero-order valence-corrected chi connectivity index (χ0v) is 20.0. The molecule has 0 spiro atoms. The van der Waals surface area contributed by atoms with Gasteiger partial charge in [-0.2, -0.15) is 4.31 Å². The maximum Gasteiger partial charge on any atom is 0.246 e. The van der Waals surface area contributed by atoms with E-state index in [0.29, 0.717) is 19.4 Å². The van der Waals surface area contributed by atoms with Crippen molar-refractivity contribution >= 4 is 39.1 Å². The Kier molecular flexibility index (Phi) is 7.99. The van der Waals surface area contributed by atoms with Gasteiger partial charge in [-0.15, -0.1) is 0 Å². The van der Waals surface area contributed by atoms with Gasteiger partial charge in [-0.25, -0.2) is 8.42 Å². The second-order valence-corrected chi connectivity index (χ2v) is 10.7. The molecule has 3 rings (SSSR count). The van der Waals surface area contributed by atoms with Crippen molar-refractivity contribution in [1.29, 1.82) is 0 Å². The van der Waals surface area contributed by atoms with Gasteiger partial charge in [-0.1, -0.05) is 53.5 Å². The van der Waals surface area contributed by atoms with Crippen molar-refractivity contribution < 1.29 is 13.2 Å². The molecule has 1 amide bonds. The van der Waals surface area contributed by atoms with Crippen LogP contribution in [0.15, 0.2) is 47.4 Å². The molecule has 1 fully saturated rings. The van der Waals surface area contributed by atoms with Crippen molar-refractivity contribution in [3.63, 3.8) is 0 Å². The highest BCUT2D eigenvalue weighted by molar-refractivity contribution is 7.89. The Bertz CT molecular complexity index is 999. The standard InChI is InChI=1S/C22H27Cl2N3O3S/c1-26(2)15-17-8-6-16(7-9-17)14-25-22(28)18-10-12-27(13-11-18)31(29,30)21-19(23)4-3-5-20(21)24/h3-9,18H,10-15H2,1-2H3,(H,25,28). The summed E-state index contributed by atoms with van der Waals surface area (Å²) in [5.74, 6) is -0.272. The van der Waals surface area contributed by atoms with Crippen LogP contribution < -0.4 is 5.32 Å². The predicted molar refractivity (Wildman–Crippen MR) is 124 cm³/mol. The summed E-state index contributed by atoms with van der Waals surface area (Å²) in [6, 6.07) is 12.8. The molecule has 1 N–H and O–H groups in total. The molecule has 2 aromatic carbocycles. The van der Waals surface area contributed by atoms with Crippen molar-refractivity contribution in [3.8, 4) is 0 Å². The van der Waals surface area contributed by atoms with Crippen LogP contribution in [0.4, 0.5) is 0 Å². The summed E-state index contributed by atoms with van der Waals surface area (Å²) in [6.07, 6.45) is 0.907. The van der Waals surface area contributed by atoms with Gasteiger partial charge in [-0.05, 0) is 50.2 Å². The van der Waals surface area contributed by atoms with Crippen molar-refractivity contribution in [2.45, 2.75) is 30.8 Å². The molecule has 6 nitrogen and oxygen atoms in total. The summed E-state index contributed by atoms with van der Waals surface area (Å²) >= 11 is 12.2. The van der Waals surface area contributed by atoms with Gasteiger partial charge in [0.05, 0.1) is 10.0 Å². The molecule has 0 atom stereocenters. The lowest BCUT2D eigenvalue weighted by atomic mass is 9.97. The Labute approximate surface area is 194 Å². The molecule has 1 heterocycles. The van der Waals surface area contributed by atoms with Gasteiger partial charge in [0, 0.05) is 32.1 Å². The van der Waals surface area contributed by atoms with Crippen LogP contribution in [-0.4, -0.2) is 50.7 Å². The Morgan fingerprint density at radius 2 is 1.58 bits per heavy atom. The van der Waals surface area contributed by atoms with E-state index in [1.165, 1.54) is 22.0 Å². The predicted octanol–water partition coefficient (Wildman–Crippen LogP) is 3.77. The molecule has 1 saturated heterocycles. The van der Waals surface area contributed by atoms with E-state index in [4.69, 9.17) is 23.2 Å². The van der Waals surface area contributed by atoms with Crippen LogP contribution in [-0.2, 0) is 27.9 Å². The van der Waals surface area contributed by atoms with Gasteiger partial charge in [0.1, 0.15) is 4.90 Å². The SMILES string of the molecule is CN(C)Cc1ccc(CNC(=O)C2CCN(S(=O)(=O)c3c(Cl)cccc3Cl)CC2)cc1. The second kappa shape index (κ2) is 10.3. The highest BCUT2D eigenvalue weighted by Crippen LogP contribution is 2.33. The average Bonchev–Trinajstić information content (AvgIpc) is 2.72. The molecule has 0 aromatic heterocycles. The van der Waals surface area contributed by atoms with E-state index in [1.807, 2.05) is 26.2 Å². The first kappa shape index (κ1) is 24.0. The first-order chi connectivity index (χ1) is 14.7. The van der Waals surface area contributed by atoms with Crippen molar-refractivity contribution in [1.82, 2.24) is 14.5 Å². The molecule has 1 aliphatic heterocycles. The Hall–Kier alpha value is -1.64. The largest absolute Gasteiger partial charge is 0.352 e. The van der Waals surface area contributed by atoms with E-state index in [9.17, 15) is 13.2 Å². The number of piperidine rings is 1. The third-order valence-corrected chi connectivity index (χ3v) is 8.18. The molecule has 9 heteroatoms. The average molecular weight is 484 g/mol. The molecule has 1 aliphatic rings. The summed E-state index contributed by atoms with van der Waals surface area (Å²) in [6.45, 7) is 1.82. The maximum absolute atomic E-state index is 13.0. The molecule has 2 aromatic rings. The van der Waals surface area contributed by atoms with Gasteiger partial charge in [0.15, 0.2) is 0 Å². The van der Waals surface area contributed by atoms with Gasteiger partial charge in [0.25, 0.3) is 0 Å².